The van der Waals surface area contributed by atoms with Crippen molar-refractivity contribution in [2.24, 2.45) is 17.6 Å². The molecule has 2 saturated heterocycles. The molecule has 6 heteroatoms. The number of hydrogen-bond acceptors (Lipinski definition) is 4. The SMILES string of the molecule is C[C@H](N)[C@@H]1CCCN(C(=O)[C@H]2CC(=O)N(C)[C@H]2c2cccs2)C1. The van der Waals surface area contributed by atoms with Crippen molar-refractivity contribution in [2.45, 2.75) is 38.3 Å². The van der Waals surface area contributed by atoms with E-state index in [-0.39, 0.29) is 29.8 Å². The van der Waals surface area contributed by atoms with Gasteiger partial charge in [0.25, 0.3) is 0 Å². The fourth-order valence-electron chi connectivity index (χ4n) is 3.81. The van der Waals surface area contributed by atoms with Crippen LogP contribution >= 0.6 is 11.3 Å². The minimum absolute atomic E-state index is 0.0579. The maximum atomic E-state index is 13.1. The second-order valence-electron chi connectivity index (χ2n) is 6.82. The van der Waals surface area contributed by atoms with Gasteiger partial charge in [0.05, 0.1) is 12.0 Å². The van der Waals surface area contributed by atoms with Gasteiger partial charge in [-0.05, 0) is 37.1 Å². The third-order valence-corrected chi connectivity index (χ3v) is 6.19. The van der Waals surface area contributed by atoms with Crippen LogP contribution in [-0.4, -0.2) is 47.8 Å². The Hall–Kier alpha value is -1.40. The Morgan fingerprint density at radius 1 is 1.48 bits per heavy atom. The van der Waals surface area contributed by atoms with Crippen LogP contribution in [0.25, 0.3) is 0 Å². The van der Waals surface area contributed by atoms with E-state index >= 15 is 0 Å². The number of hydrogen-bond donors (Lipinski definition) is 1. The standard InChI is InChI=1S/C17H25N3O2S/c1-11(18)12-5-3-7-20(10-12)17(22)13-9-15(21)19(2)16(13)14-6-4-8-23-14/h4,6,8,11-13,16H,3,5,7,9-10,18H2,1-2H3/t11-,12+,13-,16+/m0/s1. The molecule has 126 valence electrons. The summed E-state index contributed by atoms with van der Waals surface area (Å²) in [4.78, 5) is 30.0. The third kappa shape index (κ3) is 3.15. The lowest BCUT2D eigenvalue weighted by Gasteiger charge is -2.37. The molecule has 5 nitrogen and oxygen atoms in total. The Bertz CT molecular complexity index is 572. The molecule has 2 aliphatic heterocycles. The molecule has 2 amide bonds. The van der Waals surface area contributed by atoms with E-state index in [0.717, 1.165) is 30.8 Å². The molecule has 0 bridgehead atoms. The monoisotopic (exact) mass is 335 g/mol. The van der Waals surface area contributed by atoms with Gasteiger partial charge in [0, 0.05) is 37.5 Å². The molecule has 0 unspecified atom stereocenters. The van der Waals surface area contributed by atoms with Crippen LogP contribution in [0.2, 0.25) is 0 Å². The highest BCUT2D eigenvalue weighted by Crippen LogP contribution is 2.40. The van der Waals surface area contributed by atoms with E-state index in [1.807, 2.05) is 29.3 Å². The van der Waals surface area contributed by atoms with Crippen molar-refractivity contribution in [3.05, 3.63) is 22.4 Å². The molecule has 4 atom stereocenters. The first-order chi connectivity index (χ1) is 11.0. The number of piperidine rings is 1. The Kier molecular flexibility index (Phi) is 4.73. The Labute approximate surface area is 141 Å². The summed E-state index contributed by atoms with van der Waals surface area (Å²) in [6, 6.07) is 3.98. The van der Waals surface area contributed by atoms with Gasteiger partial charge in [-0.15, -0.1) is 11.3 Å². The van der Waals surface area contributed by atoms with Gasteiger partial charge in [-0.2, -0.15) is 0 Å². The number of carbonyl (C=O) groups is 2. The van der Waals surface area contributed by atoms with E-state index in [1.54, 1.807) is 23.3 Å². The molecule has 3 rings (SSSR count). The molecule has 1 aromatic rings. The van der Waals surface area contributed by atoms with Crippen molar-refractivity contribution < 1.29 is 9.59 Å². The number of amides is 2. The minimum Gasteiger partial charge on any atom is -0.342 e. The predicted molar refractivity (Wildman–Crippen MR) is 90.9 cm³/mol. The molecule has 0 spiro atoms. The van der Waals surface area contributed by atoms with E-state index in [2.05, 4.69) is 0 Å². The Balaban J connectivity index is 1.79. The first kappa shape index (κ1) is 16.5. The van der Waals surface area contributed by atoms with E-state index in [1.165, 1.54) is 0 Å². The molecule has 3 heterocycles. The van der Waals surface area contributed by atoms with Gasteiger partial charge < -0.3 is 15.5 Å². The van der Waals surface area contributed by atoms with Gasteiger partial charge in [-0.1, -0.05) is 6.07 Å². The number of thiophene rings is 1. The summed E-state index contributed by atoms with van der Waals surface area (Å²) in [6.45, 7) is 3.52. The fourth-order valence-corrected chi connectivity index (χ4v) is 4.75. The fraction of sp³-hybridized carbons (Fsp3) is 0.647. The molecule has 0 saturated carbocycles. The molecule has 0 radical (unpaired) electrons. The molecule has 2 N–H and O–H groups in total. The van der Waals surface area contributed by atoms with E-state index in [9.17, 15) is 9.59 Å². The van der Waals surface area contributed by atoms with Gasteiger partial charge in [0.2, 0.25) is 11.8 Å². The second kappa shape index (κ2) is 6.61. The van der Waals surface area contributed by atoms with Crippen LogP contribution in [0.5, 0.6) is 0 Å². The highest BCUT2D eigenvalue weighted by Gasteiger charge is 2.45. The van der Waals surface area contributed by atoms with Gasteiger partial charge in [0.1, 0.15) is 0 Å². The number of likely N-dealkylation sites (tertiary alicyclic amines) is 2. The summed E-state index contributed by atoms with van der Waals surface area (Å²) in [7, 11) is 1.81. The molecular weight excluding hydrogens is 310 g/mol. The van der Waals surface area contributed by atoms with Crippen LogP contribution in [0.1, 0.15) is 37.1 Å². The number of nitrogens with two attached hydrogens (primary N) is 1. The number of nitrogens with zero attached hydrogens (tertiary/aromatic N) is 2. The van der Waals surface area contributed by atoms with Crippen LogP contribution in [0.15, 0.2) is 17.5 Å². The van der Waals surface area contributed by atoms with E-state index in [4.69, 9.17) is 5.73 Å². The molecule has 0 aromatic carbocycles. The lowest BCUT2D eigenvalue weighted by molar-refractivity contribution is -0.138. The summed E-state index contributed by atoms with van der Waals surface area (Å²) in [5, 5.41) is 2.00. The maximum Gasteiger partial charge on any atom is 0.228 e. The lowest BCUT2D eigenvalue weighted by atomic mass is 9.90. The van der Waals surface area contributed by atoms with Crippen molar-refractivity contribution in [3.63, 3.8) is 0 Å². The normalized spacial score (nSPS) is 29.9. The summed E-state index contributed by atoms with van der Waals surface area (Å²) < 4.78 is 0. The first-order valence-corrected chi connectivity index (χ1v) is 9.20. The van der Waals surface area contributed by atoms with Crippen molar-refractivity contribution in [3.8, 4) is 0 Å². The van der Waals surface area contributed by atoms with Crippen LogP contribution in [0.4, 0.5) is 0 Å². The van der Waals surface area contributed by atoms with Gasteiger partial charge in [-0.3, -0.25) is 9.59 Å². The molecule has 0 aliphatic carbocycles. The molecular formula is C17H25N3O2S. The van der Waals surface area contributed by atoms with Crippen LogP contribution in [0.3, 0.4) is 0 Å². The number of rotatable bonds is 3. The molecule has 2 fully saturated rings. The summed E-state index contributed by atoms with van der Waals surface area (Å²) in [6.07, 6.45) is 2.40. The molecule has 2 aliphatic rings. The summed E-state index contributed by atoms with van der Waals surface area (Å²) in [5.74, 6) is 0.273. The summed E-state index contributed by atoms with van der Waals surface area (Å²) >= 11 is 1.61. The van der Waals surface area contributed by atoms with Crippen LogP contribution < -0.4 is 5.73 Å². The largest absolute Gasteiger partial charge is 0.342 e. The molecule has 23 heavy (non-hydrogen) atoms. The molecule has 1 aromatic heterocycles. The zero-order chi connectivity index (χ0) is 16.6. The first-order valence-electron chi connectivity index (χ1n) is 8.32. The average Bonchev–Trinajstić information content (AvgIpc) is 3.16. The van der Waals surface area contributed by atoms with Crippen LogP contribution in [0, 0.1) is 11.8 Å². The number of carbonyl (C=O) groups excluding carboxylic acids is 2. The van der Waals surface area contributed by atoms with Crippen molar-refractivity contribution in [2.75, 3.05) is 20.1 Å². The third-order valence-electron chi connectivity index (χ3n) is 5.25. The topological polar surface area (TPSA) is 66.6 Å². The smallest absolute Gasteiger partial charge is 0.228 e. The van der Waals surface area contributed by atoms with Crippen molar-refractivity contribution in [1.29, 1.82) is 0 Å². The highest BCUT2D eigenvalue weighted by atomic mass is 32.1. The van der Waals surface area contributed by atoms with Crippen molar-refractivity contribution >= 4 is 23.2 Å². The van der Waals surface area contributed by atoms with Gasteiger partial charge in [-0.25, -0.2) is 0 Å². The van der Waals surface area contributed by atoms with Gasteiger partial charge in [0.15, 0.2) is 0 Å². The van der Waals surface area contributed by atoms with Gasteiger partial charge >= 0.3 is 0 Å². The Morgan fingerprint density at radius 3 is 2.91 bits per heavy atom. The zero-order valence-corrected chi connectivity index (χ0v) is 14.6. The predicted octanol–water partition coefficient (Wildman–Crippen LogP) is 1.85. The second-order valence-corrected chi connectivity index (χ2v) is 7.80. The quantitative estimate of drug-likeness (QED) is 0.917. The van der Waals surface area contributed by atoms with Crippen molar-refractivity contribution in [1.82, 2.24) is 9.80 Å². The van der Waals surface area contributed by atoms with Crippen LogP contribution in [-0.2, 0) is 9.59 Å². The highest BCUT2D eigenvalue weighted by molar-refractivity contribution is 7.10. The minimum atomic E-state index is -0.266. The summed E-state index contributed by atoms with van der Waals surface area (Å²) in [5.41, 5.74) is 6.03. The Morgan fingerprint density at radius 2 is 2.26 bits per heavy atom. The lowest BCUT2D eigenvalue weighted by Crippen LogP contribution is -2.47. The zero-order valence-electron chi connectivity index (χ0n) is 13.8. The average molecular weight is 335 g/mol. The van der Waals surface area contributed by atoms with E-state index < -0.39 is 0 Å². The maximum absolute atomic E-state index is 13.1. The van der Waals surface area contributed by atoms with E-state index in [0.29, 0.717) is 12.3 Å².